The number of carbonyl (C=O) groups is 1. The van der Waals surface area contributed by atoms with Gasteiger partial charge in [0.15, 0.2) is 0 Å². The number of imidazole rings is 1. The smallest absolute Gasteiger partial charge is 0.255 e. The van der Waals surface area contributed by atoms with E-state index in [2.05, 4.69) is 67.8 Å². The molecule has 6 heteroatoms. The summed E-state index contributed by atoms with van der Waals surface area (Å²) in [6.45, 7) is 8.31. The lowest BCUT2D eigenvalue weighted by Crippen LogP contribution is -2.40. The molecule has 34 heavy (non-hydrogen) atoms. The summed E-state index contributed by atoms with van der Waals surface area (Å²) in [6.07, 6.45) is 1.68. The van der Waals surface area contributed by atoms with Gasteiger partial charge >= 0.3 is 0 Å². The van der Waals surface area contributed by atoms with Gasteiger partial charge in [0.25, 0.3) is 5.91 Å². The lowest BCUT2D eigenvalue weighted by atomic mass is 9.99. The quantitative estimate of drug-likeness (QED) is 0.311. The summed E-state index contributed by atoms with van der Waals surface area (Å²) in [5.74, 6) is 1.16. The van der Waals surface area contributed by atoms with Gasteiger partial charge in [0.2, 0.25) is 0 Å². The molecular weight excluding hydrogens is 440 g/mol. The Labute approximate surface area is 206 Å². The zero-order valence-corrected chi connectivity index (χ0v) is 21.1. The maximum Gasteiger partial charge on any atom is 0.255 e. The number of carbonyl (C=O) groups excluding carboxylic acids is 1. The van der Waals surface area contributed by atoms with Crippen LogP contribution in [0.3, 0.4) is 0 Å². The highest BCUT2D eigenvalue weighted by molar-refractivity contribution is 7.10. The first-order chi connectivity index (χ1) is 16.5. The summed E-state index contributed by atoms with van der Waals surface area (Å²) in [5, 5.41) is 1.99. The molecule has 2 aromatic carbocycles. The first-order valence-electron chi connectivity index (χ1n) is 12.1. The van der Waals surface area contributed by atoms with Gasteiger partial charge in [0.05, 0.1) is 22.6 Å². The molecule has 4 rings (SSSR count). The maximum atomic E-state index is 13.8. The Morgan fingerprint density at radius 2 is 1.85 bits per heavy atom. The highest BCUT2D eigenvalue weighted by Crippen LogP contribution is 2.33. The lowest BCUT2D eigenvalue weighted by molar-refractivity contribution is 0.0605. The van der Waals surface area contributed by atoms with E-state index in [0.29, 0.717) is 19.6 Å². The van der Waals surface area contributed by atoms with E-state index in [9.17, 15) is 4.79 Å². The standard InChI is InChI=1S/C28H34N4OS/c1-4-23-17-22(19-34-23)28(33)31(16-10-15-29)26(20(2)3)27-30-24-13-8-9-14-25(24)32(27)18-21-11-6-5-7-12-21/h5-9,11-14,17,19-20,26H,4,10,15-16,18,29H2,1-3H3. The predicted octanol–water partition coefficient (Wildman–Crippen LogP) is 5.90. The Balaban J connectivity index is 1.82. The normalized spacial score (nSPS) is 12.4. The fourth-order valence-electron chi connectivity index (χ4n) is 4.52. The van der Waals surface area contributed by atoms with E-state index in [1.807, 2.05) is 28.5 Å². The molecule has 1 amide bonds. The highest BCUT2D eigenvalue weighted by Gasteiger charge is 2.33. The molecule has 2 aromatic heterocycles. The van der Waals surface area contributed by atoms with Crippen molar-refractivity contribution >= 4 is 28.3 Å². The SMILES string of the molecule is CCc1cc(C(=O)N(CCCN)C(c2nc3ccccc3n2Cc2ccccc2)C(C)C)cs1. The Morgan fingerprint density at radius 3 is 2.53 bits per heavy atom. The second-order valence-corrected chi connectivity index (χ2v) is 10.0. The van der Waals surface area contributed by atoms with Crippen LogP contribution in [-0.4, -0.2) is 33.4 Å². The number of rotatable bonds is 10. The van der Waals surface area contributed by atoms with Gasteiger partial charge in [-0.05, 0) is 49.1 Å². The van der Waals surface area contributed by atoms with E-state index in [0.717, 1.165) is 35.3 Å². The van der Waals surface area contributed by atoms with Gasteiger partial charge in [-0.2, -0.15) is 0 Å². The fourth-order valence-corrected chi connectivity index (χ4v) is 5.33. The molecule has 0 radical (unpaired) electrons. The molecule has 0 aliphatic rings. The van der Waals surface area contributed by atoms with Crippen LogP contribution in [-0.2, 0) is 13.0 Å². The summed E-state index contributed by atoms with van der Waals surface area (Å²) >= 11 is 1.65. The number of benzene rings is 2. The number of amides is 1. The van der Waals surface area contributed by atoms with E-state index < -0.39 is 0 Å². The van der Waals surface area contributed by atoms with Crippen molar-refractivity contribution in [2.75, 3.05) is 13.1 Å². The minimum absolute atomic E-state index is 0.0569. The average Bonchev–Trinajstić information content (AvgIpc) is 3.47. The first-order valence-corrected chi connectivity index (χ1v) is 13.0. The van der Waals surface area contributed by atoms with Gasteiger partial charge in [-0.25, -0.2) is 4.98 Å². The van der Waals surface area contributed by atoms with Crippen LogP contribution < -0.4 is 5.73 Å². The molecule has 0 aliphatic carbocycles. The van der Waals surface area contributed by atoms with Gasteiger partial charge in [0, 0.05) is 23.3 Å². The molecule has 0 saturated carbocycles. The molecule has 0 fully saturated rings. The molecular formula is C28H34N4OS. The zero-order valence-electron chi connectivity index (χ0n) is 20.3. The van der Waals surface area contributed by atoms with Crippen molar-refractivity contribution in [2.45, 2.75) is 46.2 Å². The third-order valence-corrected chi connectivity index (χ3v) is 7.29. The van der Waals surface area contributed by atoms with Crippen molar-refractivity contribution in [2.24, 2.45) is 11.7 Å². The van der Waals surface area contributed by atoms with Crippen LogP contribution in [0.1, 0.15) is 59.9 Å². The highest BCUT2D eigenvalue weighted by atomic mass is 32.1. The van der Waals surface area contributed by atoms with Crippen LogP contribution in [0.2, 0.25) is 0 Å². The van der Waals surface area contributed by atoms with Crippen LogP contribution in [0.15, 0.2) is 66.0 Å². The van der Waals surface area contributed by atoms with E-state index in [1.54, 1.807) is 11.3 Å². The predicted molar refractivity (Wildman–Crippen MR) is 141 cm³/mol. The van der Waals surface area contributed by atoms with Crippen molar-refractivity contribution in [3.05, 3.63) is 87.9 Å². The van der Waals surface area contributed by atoms with E-state index in [-0.39, 0.29) is 17.9 Å². The van der Waals surface area contributed by atoms with Crippen LogP contribution in [0, 0.1) is 5.92 Å². The van der Waals surface area contributed by atoms with Crippen LogP contribution in [0.4, 0.5) is 0 Å². The summed E-state index contributed by atoms with van der Waals surface area (Å²) in [4.78, 5) is 22.2. The van der Waals surface area contributed by atoms with E-state index >= 15 is 0 Å². The van der Waals surface area contributed by atoms with E-state index in [4.69, 9.17) is 10.7 Å². The summed E-state index contributed by atoms with van der Waals surface area (Å²) in [6, 6.07) is 20.5. The van der Waals surface area contributed by atoms with E-state index in [1.165, 1.54) is 10.4 Å². The molecule has 1 atom stereocenters. The van der Waals surface area contributed by atoms with Crippen molar-refractivity contribution in [3.8, 4) is 0 Å². The number of thiophene rings is 1. The molecule has 1 unspecified atom stereocenters. The minimum Gasteiger partial charge on any atom is -0.330 e. The monoisotopic (exact) mass is 474 g/mol. The van der Waals surface area contributed by atoms with Crippen LogP contribution in [0.25, 0.3) is 11.0 Å². The number of aryl methyl sites for hydroxylation is 1. The van der Waals surface area contributed by atoms with Gasteiger partial charge < -0.3 is 15.2 Å². The Morgan fingerprint density at radius 1 is 1.12 bits per heavy atom. The molecule has 0 saturated heterocycles. The Bertz CT molecular complexity index is 1230. The molecule has 178 valence electrons. The van der Waals surface area contributed by atoms with Crippen molar-refractivity contribution in [3.63, 3.8) is 0 Å². The van der Waals surface area contributed by atoms with Gasteiger partial charge in [-0.1, -0.05) is 63.2 Å². The second-order valence-electron chi connectivity index (χ2n) is 9.02. The van der Waals surface area contributed by atoms with Crippen molar-refractivity contribution in [1.82, 2.24) is 14.5 Å². The number of hydrogen-bond acceptors (Lipinski definition) is 4. The summed E-state index contributed by atoms with van der Waals surface area (Å²) in [7, 11) is 0. The number of aromatic nitrogens is 2. The molecule has 2 heterocycles. The fraction of sp³-hybridized carbons (Fsp3) is 0.357. The molecule has 5 nitrogen and oxygen atoms in total. The van der Waals surface area contributed by atoms with Crippen molar-refractivity contribution in [1.29, 1.82) is 0 Å². The third-order valence-electron chi connectivity index (χ3n) is 6.21. The Hall–Kier alpha value is -2.96. The first kappa shape index (κ1) is 24.2. The molecule has 2 N–H and O–H groups in total. The maximum absolute atomic E-state index is 13.8. The average molecular weight is 475 g/mol. The molecule has 0 aliphatic heterocycles. The van der Waals surface area contributed by atoms with Gasteiger partial charge in [0.1, 0.15) is 5.82 Å². The summed E-state index contributed by atoms with van der Waals surface area (Å²) in [5.41, 5.74) is 9.90. The van der Waals surface area contributed by atoms with Gasteiger partial charge in [-0.3, -0.25) is 4.79 Å². The molecule has 4 aromatic rings. The number of nitrogens with zero attached hydrogens (tertiary/aromatic N) is 3. The molecule has 0 spiro atoms. The zero-order chi connectivity index (χ0) is 24.1. The lowest BCUT2D eigenvalue weighted by Gasteiger charge is -2.34. The topological polar surface area (TPSA) is 64.2 Å². The molecule has 0 bridgehead atoms. The number of para-hydroxylation sites is 2. The third kappa shape index (κ3) is 5.08. The number of hydrogen-bond donors (Lipinski definition) is 1. The van der Waals surface area contributed by atoms with Gasteiger partial charge in [-0.15, -0.1) is 11.3 Å². The minimum atomic E-state index is -0.167. The van der Waals surface area contributed by atoms with Crippen LogP contribution >= 0.6 is 11.3 Å². The number of fused-ring (bicyclic) bond motifs is 1. The van der Waals surface area contributed by atoms with Crippen LogP contribution in [0.5, 0.6) is 0 Å². The van der Waals surface area contributed by atoms with Crippen molar-refractivity contribution < 1.29 is 4.79 Å². The largest absolute Gasteiger partial charge is 0.330 e. The summed E-state index contributed by atoms with van der Waals surface area (Å²) < 4.78 is 2.28. The second kappa shape index (κ2) is 11.0. The Kier molecular flexibility index (Phi) is 7.80. The number of nitrogens with two attached hydrogens (primary N) is 1.